The molecule has 2 heterocycles. The second kappa shape index (κ2) is 8.11. The number of piperazine rings is 1. The van der Waals surface area contributed by atoms with Gasteiger partial charge in [-0.05, 0) is 42.3 Å². The molecule has 0 bridgehead atoms. The fourth-order valence-corrected chi connectivity index (χ4v) is 5.32. The number of hydrogen-bond acceptors (Lipinski definition) is 5. The Morgan fingerprint density at radius 1 is 1.07 bits per heavy atom. The van der Waals surface area contributed by atoms with E-state index < -0.39 is 21.5 Å². The van der Waals surface area contributed by atoms with Gasteiger partial charge in [0.1, 0.15) is 11.4 Å². The molecule has 0 radical (unpaired) electrons. The fraction of sp³-hybridized carbons (Fsp3) is 0.286. The Hall–Kier alpha value is -2.26. The largest absolute Gasteiger partial charge is 0.423 e. The van der Waals surface area contributed by atoms with E-state index in [2.05, 4.69) is 4.90 Å². The van der Waals surface area contributed by atoms with Gasteiger partial charge in [0.25, 0.3) is 0 Å². The zero-order valence-corrected chi connectivity index (χ0v) is 17.8. The molecule has 0 saturated carbocycles. The van der Waals surface area contributed by atoms with Crippen LogP contribution in [0.5, 0.6) is 0 Å². The van der Waals surface area contributed by atoms with Crippen molar-refractivity contribution in [3.63, 3.8) is 0 Å². The minimum absolute atomic E-state index is 0.0237. The van der Waals surface area contributed by atoms with E-state index in [0.29, 0.717) is 25.2 Å². The Kier molecular flexibility index (Phi) is 5.67. The molecule has 0 N–H and O–H groups in total. The predicted molar refractivity (Wildman–Crippen MR) is 113 cm³/mol. The van der Waals surface area contributed by atoms with E-state index >= 15 is 0 Å². The molecular formula is C21H20ClFN2O4S. The Labute approximate surface area is 178 Å². The first-order valence-corrected chi connectivity index (χ1v) is 11.3. The van der Waals surface area contributed by atoms with Crippen LogP contribution in [0, 0.1) is 12.7 Å². The average molecular weight is 451 g/mol. The third kappa shape index (κ3) is 4.13. The first-order chi connectivity index (χ1) is 14.2. The van der Waals surface area contributed by atoms with Crippen LogP contribution >= 0.6 is 11.6 Å². The maximum Gasteiger partial charge on any atom is 0.336 e. The Morgan fingerprint density at radius 3 is 2.50 bits per heavy atom. The number of sulfonamides is 1. The zero-order chi connectivity index (χ0) is 21.5. The average Bonchev–Trinajstić information content (AvgIpc) is 2.70. The summed E-state index contributed by atoms with van der Waals surface area (Å²) in [5.74, 6) is -0.657. The van der Waals surface area contributed by atoms with Gasteiger partial charge in [-0.2, -0.15) is 4.31 Å². The normalized spacial score (nSPS) is 16.2. The number of aryl methyl sites for hydroxylation is 1. The lowest BCUT2D eigenvalue weighted by molar-refractivity contribution is 0.182. The van der Waals surface area contributed by atoms with Gasteiger partial charge in [-0.1, -0.05) is 23.7 Å². The number of rotatable bonds is 4. The van der Waals surface area contributed by atoms with E-state index in [9.17, 15) is 17.6 Å². The van der Waals surface area contributed by atoms with Gasteiger partial charge in [-0.3, -0.25) is 4.90 Å². The molecule has 1 aliphatic rings. The van der Waals surface area contributed by atoms with Crippen LogP contribution in [-0.2, 0) is 16.6 Å². The number of halogens is 2. The first kappa shape index (κ1) is 21.0. The van der Waals surface area contributed by atoms with Crippen LogP contribution in [0.25, 0.3) is 11.0 Å². The maximum absolute atomic E-state index is 13.4. The van der Waals surface area contributed by atoms with E-state index in [1.54, 1.807) is 0 Å². The highest BCUT2D eigenvalue weighted by Crippen LogP contribution is 2.24. The smallest absolute Gasteiger partial charge is 0.336 e. The Bertz CT molecular complexity index is 1270. The number of hydrogen-bond donors (Lipinski definition) is 0. The van der Waals surface area contributed by atoms with Gasteiger partial charge in [0.2, 0.25) is 10.0 Å². The number of nitrogens with zero attached hydrogens (tertiary/aromatic N) is 2. The topological polar surface area (TPSA) is 70.8 Å². The molecule has 0 atom stereocenters. The van der Waals surface area contributed by atoms with Gasteiger partial charge in [0.15, 0.2) is 0 Å². The molecule has 4 rings (SSSR count). The Balaban J connectivity index is 1.49. The van der Waals surface area contributed by atoms with Crippen molar-refractivity contribution in [3.05, 3.63) is 74.9 Å². The quantitative estimate of drug-likeness (QED) is 0.570. The van der Waals surface area contributed by atoms with Gasteiger partial charge in [0, 0.05) is 44.2 Å². The van der Waals surface area contributed by atoms with Crippen LogP contribution in [0.2, 0.25) is 5.02 Å². The van der Waals surface area contributed by atoms with Gasteiger partial charge in [-0.15, -0.1) is 0 Å². The van der Waals surface area contributed by atoms with Crippen molar-refractivity contribution < 1.29 is 17.2 Å². The first-order valence-electron chi connectivity index (χ1n) is 9.45. The lowest BCUT2D eigenvalue weighted by Gasteiger charge is -2.34. The summed E-state index contributed by atoms with van der Waals surface area (Å²) in [4.78, 5) is 14.0. The van der Waals surface area contributed by atoms with Gasteiger partial charge >= 0.3 is 5.63 Å². The molecule has 1 fully saturated rings. The van der Waals surface area contributed by atoms with E-state index in [1.165, 1.54) is 16.4 Å². The van der Waals surface area contributed by atoms with Crippen LogP contribution in [0.1, 0.15) is 11.1 Å². The van der Waals surface area contributed by atoms with Crippen LogP contribution in [-0.4, -0.2) is 43.8 Å². The minimum atomic E-state index is -3.75. The molecule has 0 spiro atoms. The van der Waals surface area contributed by atoms with E-state index in [4.69, 9.17) is 16.0 Å². The SMILES string of the molecule is Cc1ccc2c(CN3CCN(S(=O)(=O)c4ccc(F)c(Cl)c4)CC3)cc(=O)oc2c1. The third-order valence-electron chi connectivity index (χ3n) is 5.24. The highest BCUT2D eigenvalue weighted by Gasteiger charge is 2.29. The molecule has 9 heteroatoms. The highest BCUT2D eigenvalue weighted by molar-refractivity contribution is 7.89. The molecule has 158 valence electrons. The molecule has 0 unspecified atom stereocenters. The standard InChI is InChI=1S/C21H20ClFN2O4S/c1-14-2-4-17-15(11-21(26)29-20(17)10-14)13-24-6-8-25(9-7-24)30(27,28)16-3-5-19(23)18(22)12-16/h2-5,10-12H,6-9,13H2,1H3. The van der Waals surface area contributed by atoms with Crippen molar-refractivity contribution in [1.82, 2.24) is 9.21 Å². The molecule has 0 aliphatic carbocycles. The summed E-state index contributed by atoms with van der Waals surface area (Å²) in [6.07, 6.45) is 0. The predicted octanol–water partition coefficient (Wildman–Crippen LogP) is 3.40. The maximum atomic E-state index is 13.4. The Morgan fingerprint density at radius 2 is 1.80 bits per heavy atom. The monoisotopic (exact) mass is 450 g/mol. The summed E-state index contributed by atoms with van der Waals surface area (Å²) < 4.78 is 45.7. The molecule has 1 saturated heterocycles. The van der Waals surface area contributed by atoms with Crippen LogP contribution in [0.4, 0.5) is 4.39 Å². The molecule has 30 heavy (non-hydrogen) atoms. The molecular weight excluding hydrogens is 431 g/mol. The number of fused-ring (bicyclic) bond motifs is 1. The molecule has 6 nitrogen and oxygen atoms in total. The summed E-state index contributed by atoms with van der Waals surface area (Å²) in [7, 11) is -3.75. The molecule has 2 aromatic carbocycles. The van der Waals surface area contributed by atoms with Crippen molar-refractivity contribution in [2.24, 2.45) is 0 Å². The van der Waals surface area contributed by atoms with E-state index in [1.807, 2.05) is 25.1 Å². The second-order valence-electron chi connectivity index (χ2n) is 7.35. The second-order valence-corrected chi connectivity index (χ2v) is 9.69. The molecule has 3 aromatic rings. The summed E-state index contributed by atoms with van der Waals surface area (Å²) in [5, 5.41) is 0.649. The lowest BCUT2D eigenvalue weighted by Crippen LogP contribution is -2.48. The zero-order valence-electron chi connectivity index (χ0n) is 16.3. The molecule has 0 amide bonds. The fourth-order valence-electron chi connectivity index (χ4n) is 3.62. The summed E-state index contributed by atoms with van der Waals surface area (Å²) in [6.45, 7) is 4.02. The molecule has 1 aliphatic heterocycles. The highest BCUT2D eigenvalue weighted by atomic mass is 35.5. The van der Waals surface area contributed by atoms with E-state index in [0.717, 1.165) is 28.6 Å². The van der Waals surface area contributed by atoms with E-state index in [-0.39, 0.29) is 23.0 Å². The van der Waals surface area contributed by atoms with Gasteiger partial charge in [0.05, 0.1) is 9.92 Å². The van der Waals surface area contributed by atoms with Crippen LogP contribution < -0.4 is 5.63 Å². The third-order valence-corrected chi connectivity index (χ3v) is 7.42. The van der Waals surface area contributed by atoms with Crippen molar-refractivity contribution in [1.29, 1.82) is 0 Å². The van der Waals surface area contributed by atoms with Crippen LogP contribution in [0.15, 0.2) is 56.6 Å². The van der Waals surface area contributed by atoms with Crippen LogP contribution in [0.3, 0.4) is 0 Å². The van der Waals surface area contributed by atoms with Crippen molar-refractivity contribution >= 4 is 32.6 Å². The van der Waals surface area contributed by atoms with Gasteiger partial charge < -0.3 is 4.42 Å². The van der Waals surface area contributed by atoms with Crippen molar-refractivity contribution in [2.75, 3.05) is 26.2 Å². The van der Waals surface area contributed by atoms with Gasteiger partial charge in [-0.25, -0.2) is 17.6 Å². The summed E-state index contributed by atoms with van der Waals surface area (Å²) in [6, 6.07) is 10.6. The summed E-state index contributed by atoms with van der Waals surface area (Å²) >= 11 is 5.74. The van der Waals surface area contributed by atoms with Crippen molar-refractivity contribution in [3.8, 4) is 0 Å². The molecule has 1 aromatic heterocycles. The number of benzene rings is 2. The lowest BCUT2D eigenvalue weighted by atomic mass is 10.1. The minimum Gasteiger partial charge on any atom is -0.423 e. The van der Waals surface area contributed by atoms with Crippen molar-refractivity contribution in [2.45, 2.75) is 18.4 Å². The summed E-state index contributed by atoms with van der Waals surface area (Å²) in [5.41, 5.74) is 2.00.